The third-order valence-corrected chi connectivity index (χ3v) is 3.74. The zero-order valence-electron chi connectivity index (χ0n) is 13.7. The third-order valence-electron chi connectivity index (χ3n) is 3.74. The quantitative estimate of drug-likeness (QED) is 0.408. The largest absolute Gasteiger partial charge is 0.465 e. The van der Waals surface area contributed by atoms with E-state index in [0.29, 0.717) is 31.6 Å². The molecule has 0 rings (SSSR count). The number of carbonyl (C=O) groups excluding carboxylic acids is 2. The Morgan fingerprint density at radius 2 is 1.40 bits per heavy atom. The summed E-state index contributed by atoms with van der Waals surface area (Å²) in [7, 11) is 0. The van der Waals surface area contributed by atoms with Gasteiger partial charge in [-0.3, -0.25) is 4.79 Å². The Hall–Kier alpha value is -1.32. The fourth-order valence-electron chi connectivity index (χ4n) is 1.14. The van der Waals surface area contributed by atoms with Crippen LogP contribution in [0.1, 0.15) is 54.4 Å². The predicted octanol–water partition coefficient (Wildman–Crippen LogP) is 3.50. The van der Waals surface area contributed by atoms with Crippen LogP contribution in [0.5, 0.6) is 0 Å². The van der Waals surface area contributed by atoms with Gasteiger partial charge in [0.05, 0.1) is 18.6 Å². The van der Waals surface area contributed by atoms with Crippen molar-refractivity contribution in [1.82, 2.24) is 0 Å². The van der Waals surface area contributed by atoms with E-state index in [1.54, 1.807) is 6.92 Å². The lowest BCUT2D eigenvalue weighted by Crippen LogP contribution is -2.39. The molecule has 0 saturated heterocycles. The van der Waals surface area contributed by atoms with Crippen molar-refractivity contribution >= 4 is 11.9 Å². The molecule has 0 aliphatic heterocycles. The van der Waals surface area contributed by atoms with Crippen LogP contribution in [-0.2, 0) is 19.1 Å². The van der Waals surface area contributed by atoms with Crippen LogP contribution in [0.3, 0.4) is 0 Å². The zero-order chi connectivity index (χ0) is 16.0. The van der Waals surface area contributed by atoms with Gasteiger partial charge in [0.2, 0.25) is 0 Å². The number of ether oxygens (including phenoxy) is 2. The molecule has 4 heteroatoms. The summed E-state index contributed by atoms with van der Waals surface area (Å²) in [5, 5.41) is 0. The molecule has 4 nitrogen and oxygen atoms in total. The lowest BCUT2D eigenvalue weighted by atomic mass is 9.69. The molecule has 0 N–H and O–H groups in total. The van der Waals surface area contributed by atoms with E-state index in [2.05, 4.69) is 6.58 Å². The van der Waals surface area contributed by atoms with Crippen molar-refractivity contribution in [3.63, 3.8) is 0 Å². The Labute approximate surface area is 122 Å². The molecular formula is C16H28O4. The van der Waals surface area contributed by atoms with Gasteiger partial charge in [-0.05, 0) is 39.0 Å². The van der Waals surface area contributed by atoms with Gasteiger partial charge < -0.3 is 9.47 Å². The molecule has 0 radical (unpaired) electrons. The minimum atomic E-state index is -0.528. The summed E-state index contributed by atoms with van der Waals surface area (Å²) in [4.78, 5) is 23.1. The first-order chi connectivity index (χ1) is 9.00. The maximum atomic E-state index is 12.0. The molecule has 0 unspecified atom stereocenters. The number of rotatable bonds is 7. The topological polar surface area (TPSA) is 52.6 Å². The molecular weight excluding hydrogens is 256 g/mol. The van der Waals surface area contributed by atoms with Crippen molar-refractivity contribution in [3.05, 3.63) is 12.2 Å². The van der Waals surface area contributed by atoms with Crippen molar-refractivity contribution < 1.29 is 19.1 Å². The van der Waals surface area contributed by atoms with Gasteiger partial charge in [-0.15, -0.1) is 0 Å². The highest BCUT2D eigenvalue weighted by atomic mass is 16.5. The molecule has 0 amide bonds. The van der Waals surface area contributed by atoms with Crippen LogP contribution < -0.4 is 0 Å². The number of hydrogen-bond donors (Lipinski definition) is 0. The van der Waals surface area contributed by atoms with Crippen molar-refractivity contribution in [3.8, 4) is 0 Å². The zero-order valence-corrected chi connectivity index (χ0v) is 13.7. The Kier molecular flexibility index (Phi) is 6.97. The second-order valence-corrected chi connectivity index (χ2v) is 6.63. The van der Waals surface area contributed by atoms with Crippen LogP contribution in [-0.4, -0.2) is 25.2 Å². The summed E-state index contributed by atoms with van der Waals surface area (Å²) >= 11 is 0. The first-order valence-corrected chi connectivity index (χ1v) is 7.00. The van der Waals surface area contributed by atoms with E-state index >= 15 is 0 Å². The van der Waals surface area contributed by atoms with Crippen molar-refractivity contribution in [1.29, 1.82) is 0 Å². The summed E-state index contributed by atoms with van der Waals surface area (Å²) in [6.45, 7) is 15.6. The van der Waals surface area contributed by atoms with Gasteiger partial charge in [-0.2, -0.15) is 0 Å². The molecule has 0 aromatic rings. The Morgan fingerprint density at radius 1 is 0.950 bits per heavy atom. The highest BCUT2D eigenvalue weighted by molar-refractivity contribution is 5.86. The van der Waals surface area contributed by atoms with E-state index in [-0.39, 0.29) is 17.4 Å². The maximum Gasteiger partial charge on any atom is 0.333 e. The molecule has 0 heterocycles. The van der Waals surface area contributed by atoms with Crippen LogP contribution in [0.25, 0.3) is 0 Å². The van der Waals surface area contributed by atoms with Crippen LogP contribution in [0.2, 0.25) is 0 Å². The van der Waals surface area contributed by atoms with Gasteiger partial charge in [0.15, 0.2) is 0 Å². The molecule has 20 heavy (non-hydrogen) atoms. The van der Waals surface area contributed by atoms with E-state index in [9.17, 15) is 9.59 Å². The number of carbonyl (C=O) groups is 2. The van der Waals surface area contributed by atoms with E-state index in [4.69, 9.17) is 9.47 Å². The molecule has 0 saturated carbocycles. The van der Waals surface area contributed by atoms with Gasteiger partial charge in [-0.1, -0.05) is 27.4 Å². The van der Waals surface area contributed by atoms with Crippen molar-refractivity contribution in [2.24, 2.45) is 10.8 Å². The van der Waals surface area contributed by atoms with E-state index in [1.165, 1.54) is 0 Å². The van der Waals surface area contributed by atoms with E-state index in [1.807, 2.05) is 34.6 Å². The average Bonchev–Trinajstić information content (AvgIpc) is 2.31. The van der Waals surface area contributed by atoms with Crippen molar-refractivity contribution in [2.75, 3.05) is 13.2 Å². The van der Waals surface area contributed by atoms with Gasteiger partial charge in [0, 0.05) is 5.57 Å². The minimum Gasteiger partial charge on any atom is -0.465 e. The summed E-state index contributed by atoms with van der Waals surface area (Å²) in [6, 6.07) is 0. The standard InChI is InChI=1S/C16H28O4/c1-12(2)13(17)19-10-8-9-11-20-14(18)16(6,7)15(3,4)5/h1,8-11H2,2-7H3. The van der Waals surface area contributed by atoms with Crippen LogP contribution in [0.4, 0.5) is 0 Å². The van der Waals surface area contributed by atoms with Crippen LogP contribution in [0, 0.1) is 10.8 Å². The summed E-state index contributed by atoms with van der Waals surface area (Å²) in [5.41, 5.74) is -0.288. The highest BCUT2D eigenvalue weighted by Crippen LogP contribution is 2.38. The van der Waals surface area contributed by atoms with Gasteiger partial charge in [0.1, 0.15) is 0 Å². The molecule has 0 aliphatic carbocycles. The smallest absolute Gasteiger partial charge is 0.333 e. The summed E-state index contributed by atoms with van der Waals surface area (Å²) in [6.07, 6.45) is 1.34. The fraction of sp³-hybridized carbons (Fsp3) is 0.750. The van der Waals surface area contributed by atoms with E-state index in [0.717, 1.165) is 0 Å². The van der Waals surface area contributed by atoms with E-state index < -0.39 is 5.41 Å². The molecule has 0 spiro atoms. The first-order valence-electron chi connectivity index (χ1n) is 7.00. The molecule has 0 bridgehead atoms. The maximum absolute atomic E-state index is 12.0. The van der Waals surface area contributed by atoms with Crippen molar-refractivity contribution in [2.45, 2.75) is 54.4 Å². The summed E-state index contributed by atoms with van der Waals surface area (Å²) in [5.74, 6) is -0.570. The monoisotopic (exact) mass is 284 g/mol. The van der Waals surface area contributed by atoms with Gasteiger partial charge >= 0.3 is 11.9 Å². The van der Waals surface area contributed by atoms with Gasteiger partial charge in [0.25, 0.3) is 0 Å². The lowest BCUT2D eigenvalue weighted by molar-refractivity contribution is -0.160. The lowest BCUT2D eigenvalue weighted by Gasteiger charge is -2.36. The Morgan fingerprint density at radius 3 is 1.80 bits per heavy atom. The highest BCUT2D eigenvalue weighted by Gasteiger charge is 2.41. The number of unbranched alkanes of at least 4 members (excludes halogenated alkanes) is 1. The molecule has 0 atom stereocenters. The third kappa shape index (κ3) is 5.76. The van der Waals surface area contributed by atoms with Crippen LogP contribution in [0.15, 0.2) is 12.2 Å². The first kappa shape index (κ1) is 18.7. The Bertz CT molecular complexity index is 361. The SMILES string of the molecule is C=C(C)C(=O)OCCCCOC(=O)C(C)(C)C(C)(C)C. The number of esters is 2. The second-order valence-electron chi connectivity index (χ2n) is 6.63. The molecule has 0 aliphatic rings. The summed E-state index contributed by atoms with van der Waals surface area (Å²) < 4.78 is 10.2. The molecule has 0 fully saturated rings. The predicted molar refractivity (Wildman–Crippen MR) is 79.2 cm³/mol. The second kappa shape index (κ2) is 7.46. The molecule has 0 aromatic carbocycles. The molecule has 116 valence electrons. The number of hydrogen-bond acceptors (Lipinski definition) is 4. The Balaban J connectivity index is 3.89. The van der Waals surface area contributed by atoms with Crippen LogP contribution >= 0.6 is 0 Å². The molecule has 0 aromatic heterocycles. The van der Waals surface area contributed by atoms with Gasteiger partial charge in [-0.25, -0.2) is 4.79 Å². The normalized spacial score (nSPS) is 11.9. The fourth-order valence-corrected chi connectivity index (χ4v) is 1.14. The average molecular weight is 284 g/mol. The minimum absolute atomic E-state index is 0.152.